The molecule has 0 N–H and O–H groups in total. The van der Waals surface area contributed by atoms with Crippen LogP contribution in [-0.2, 0) is 5.41 Å². The summed E-state index contributed by atoms with van der Waals surface area (Å²) >= 11 is 1.87. The van der Waals surface area contributed by atoms with Crippen molar-refractivity contribution in [2.24, 2.45) is 0 Å². The van der Waals surface area contributed by atoms with Crippen LogP contribution in [0.3, 0.4) is 0 Å². The van der Waals surface area contributed by atoms with Crippen molar-refractivity contribution in [1.82, 2.24) is 9.97 Å². The van der Waals surface area contributed by atoms with Gasteiger partial charge >= 0.3 is 0 Å². The summed E-state index contributed by atoms with van der Waals surface area (Å²) in [6, 6.07) is 55.8. The molecule has 2 nitrogen and oxygen atoms in total. The van der Waals surface area contributed by atoms with E-state index in [9.17, 15) is 0 Å². The summed E-state index contributed by atoms with van der Waals surface area (Å²) in [6.07, 6.45) is 2.95. The molecule has 0 saturated heterocycles. The highest BCUT2D eigenvalue weighted by Crippen LogP contribution is 2.52. The Labute approximate surface area is 312 Å². The monoisotopic (exact) mass is 694 g/mol. The quantitative estimate of drug-likeness (QED) is 0.171. The van der Waals surface area contributed by atoms with E-state index in [1.165, 1.54) is 75.5 Å². The predicted molar refractivity (Wildman–Crippen MR) is 226 cm³/mol. The summed E-state index contributed by atoms with van der Waals surface area (Å²) in [4.78, 5) is 10.4. The molecule has 1 unspecified atom stereocenters. The maximum Gasteiger partial charge on any atom is 0.0979 e. The van der Waals surface area contributed by atoms with Crippen LogP contribution in [0.15, 0.2) is 158 Å². The zero-order valence-electron chi connectivity index (χ0n) is 29.5. The van der Waals surface area contributed by atoms with Gasteiger partial charge < -0.3 is 0 Å². The number of aromatic nitrogens is 2. The lowest BCUT2D eigenvalue weighted by atomic mass is 9.77. The van der Waals surface area contributed by atoms with Crippen molar-refractivity contribution in [2.45, 2.75) is 25.7 Å². The molecular formula is C50H34N2S. The van der Waals surface area contributed by atoms with Crippen LogP contribution < -0.4 is 0 Å². The van der Waals surface area contributed by atoms with Crippen LogP contribution >= 0.6 is 11.3 Å². The van der Waals surface area contributed by atoms with Crippen molar-refractivity contribution < 1.29 is 0 Å². The van der Waals surface area contributed by atoms with Gasteiger partial charge in [-0.3, -0.25) is 4.98 Å². The first-order chi connectivity index (χ1) is 26.1. The van der Waals surface area contributed by atoms with Crippen molar-refractivity contribution in [1.29, 1.82) is 0 Å². The van der Waals surface area contributed by atoms with Gasteiger partial charge in [-0.25, -0.2) is 4.98 Å². The first-order valence-corrected chi connectivity index (χ1v) is 19.3. The lowest BCUT2D eigenvalue weighted by Crippen LogP contribution is -2.19. The average molecular weight is 695 g/mol. The number of hydrogen-bond acceptors (Lipinski definition) is 3. The van der Waals surface area contributed by atoms with Crippen LogP contribution in [0.5, 0.6) is 0 Å². The summed E-state index contributed by atoms with van der Waals surface area (Å²) in [5.41, 5.74) is 14.2. The van der Waals surface area contributed by atoms with E-state index in [4.69, 9.17) is 9.97 Å². The summed E-state index contributed by atoms with van der Waals surface area (Å²) < 4.78 is 2.67. The molecule has 0 radical (unpaired) electrons. The second-order valence-electron chi connectivity index (χ2n) is 14.6. The smallest absolute Gasteiger partial charge is 0.0979 e. The third-order valence-electron chi connectivity index (χ3n) is 11.9. The summed E-state index contributed by atoms with van der Waals surface area (Å²) in [5, 5.41) is 7.37. The molecular weight excluding hydrogens is 661 g/mol. The molecule has 2 aromatic heterocycles. The molecule has 1 aliphatic carbocycles. The van der Waals surface area contributed by atoms with Gasteiger partial charge in [-0.1, -0.05) is 129 Å². The van der Waals surface area contributed by atoms with Gasteiger partial charge in [0.15, 0.2) is 0 Å². The molecule has 2 heterocycles. The van der Waals surface area contributed by atoms with Crippen molar-refractivity contribution in [2.75, 3.05) is 0 Å². The molecule has 0 bridgehead atoms. The minimum Gasteiger partial charge on any atom is -0.252 e. The van der Waals surface area contributed by atoms with Crippen LogP contribution in [0, 0.1) is 0 Å². The van der Waals surface area contributed by atoms with Crippen molar-refractivity contribution >= 4 is 64.1 Å². The Kier molecular flexibility index (Phi) is 6.56. The molecule has 0 saturated carbocycles. The zero-order chi connectivity index (χ0) is 35.3. The van der Waals surface area contributed by atoms with E-state index in [2.05, 4.69) is 166 Å². The number of thiophene rings is 1. The number of benzene rings is 8. The largest absolute Gasteiger partial charge is 0.252 e. The van der Waals surface area contributed by atoms with E-state index < -0.39 is 0 Å². The van der Waals surface area contributed by atoms with Gasteiger partial charge in [0.1, 0.15) is 0 Å². The lowest BCUT2D eigenvalue weighted by molar-refractivity contribution is 0.565. The maximum absolute atomic E-state index is 5.33. The molecule has 0 fully saturated rings. The Hall–Kier alpha value is -6.16. The molecule has 11 rings (SSSR count). The van der Waals surface area contributed by atoms with Crippen LogP contribution in [-0.4, -0.2) is 9.97 Å². The molecule has 1 atom stereocenters. The molecule has 10 aromatic rings. The fourth-order valence-electron chi connectivity index (χ4n) is 8.88. The number of fused-ring (bicyclic) bond motifs is 12. The first-order valence-electron chi connectivity index (χ1n) is 18.5. The molecule has 3 heteroatoms. The Morgan fingerprint density at radius 3 is 1.74 bits per heavy atom. The normalized spacial score (nSPS) is 15.1. The Morgan fingerprint density at radius 2 is 1.02 bits per heavy atom. The molecule has 250 valence electrons. The van der Waals surface area contributed by atoms with E-state index in [0.717, 1.165) is 39.5 Å². The highest BCUT2D eigenvalue weighted by molar-refractivity contribution is 7.25. The van der Waals surface area contributed by atoms with Crippen molar-refractivity contribution in [3.8, 4) is 44.6 Å². The fourth-order valence-corrected chi connectivity index (χ4v) is 9.97. The van der Waals surface area contributed by atoms with Crippen LogP contribution in [0.4, 0.5) is 0 Å². The second-order valence-corrected chi connectivity index (χ2v) is 15.7. The Balaban J connectivity index is 0.987. The van der Waals surface area contributed by atoms with Gasteiger partial charge in [0, 0.05) is 41.9 Å². The second kappa shape index (κ2) is 11.4. The zero-order valence-corrected chi connectivity index (χ0v) is 30.3. The van der Waals surface area contributed by atoms with Gasteiger partial charge in [0.05, 0.1) is 22.9 Å². The number of hydrogen-bond donors (Lipinski definition) is 0. The topological polar surface area (TPSA) is 25.8 Å². The summed E-state index contributed by atoms with van der Waals surface area (Å²) in [6.45, 7) is 4.73. The molecule has 8 aromatic carbocycles. The standard InChI is InChI=1S/C50H34N2S/c1-3-50(2)43-27-33(31-12-10-11-30(25-31)32-21-24-47-42(26-32)39-15-8-9-18-46(39)53-47)19-22-37(43)38-23-20-34(28-44(38)50)45-29-51-48-40-16-6-4-13-35(40)36-14-5-7-17-41(36)49(48)52-45/h4-29H,3H2,1-2H3. The van der Waals surface area contributed by atoms with E-state index in [1.807, 2.05) is 17.5 Å². The molecule has 0 aliphatic heterocycles. The van der Waals surface area contributed by atoms with Crippen molar-refractivity contribution in [3.63, 3.8) is 0 Å². The van der Waals surface area contributed by atoms with Gasteiger partial charge in [-0.15, -0.1) is 11.3 Å². The van der Waals surface area contributed by atoms with Gasteiger partial charge in [0.25, 0.3) is 0 Å². The Bertz CT molecular complexity index is 3100. The van der Waals surface area contributed by atoms with Gasteiger partial charge in [-0.2, -0.15) is 0 Å². The molecule has 0 amide bonds. The average Bonchev–Trinajstić information content (AvgIpc) is 3.72. The van der Waals surface area contributed by atoms with Gasteiger partial charge in [-0.05, 0) is 98.1 Å². The summed E-state index contributed by atoms with van der Waals surface area (Å²) in [7, 11) is 0. The summed E-state index contributed by atoms with van der Waals surface area (Å²) in [5.74, 6) is 0. The number of rotatable bonds is 4. The van der Waals surface area contributed by atoms with Crippen LogP contribution in [0.2, 0.25) is 0 Å². The predicted octanol–water partition coefficient (Wildman–Crippen LogP) is 14.0. The van der Waals surface area contributed by atoms with E-state index in [1.54, 1.807) is 0 Å². The molecule has 1 aliphatic rings. The van der Waals surface area contributed by atoms with E-state index >= 15 is 0 Å². The van der Waals surface area contributed by atoms with Crippen molar-refractivity contribution in [3.05, 3.63) is 169 Å². The number of nitrogens with zero attached hydrogens (tertiary/aromatic N) is 2. The SMILES string of the molecule is CCC1(C)c2cc(-c3cccc(-c4ccc5sc6ccccc6c5c4)c3)ccc2-c2ccc(-c3cnc4c5ccccc5c5ccccc5c4n3)cc21. The van der Waals surface area contributed by atoms with E-state index in [-0.39, 0.29) is 5.41 Å². The molecule has 0 spiro atoms. The maximum atomic E-state index is 5.33. The fraction of sp³-hybridized carbons (Fsp3) is 0.0800. The minimum absolute atomic E-state index is 0.132. The minimum atomic E-state index is -0.132. The Morgan fingerprint density at radius 1 is 0.472 bits per heavy atom. The highest BCUT2D eigenvalue weighted by Gasteiger charge is 2.38. The third kappa shape index (κ3) is 4.51. The van der Waals surface area contributed by atoms with Gasteiger partial charge in [0.2, 0.25) is 0 Å². The van der Waals surface area contributed by atoms with E-state index in [0.29, 0.717) is 0 Å². The highest BCUT2D eigenvalue weighted by atomic mass is 32.1. The first kappa shape index (κ1) is 30.5. The molecule has 53 heavy (non-hydrogen) atoms. The lowest BCUT2D eigenvalue weighted by Gasteiger charge is -2.26. The van der Waals surface area contributed by atoms with Crippen LogP contribution in [0.1, 0.15) is 31.4 Å². The van der Waals surface area contributed by atoms with Crippen LogP contribution in [0.25, 0.3) is 97.4 Å². The third-order valence-corrected chi connectivity index (χ3v) is 13.0.